The number of anilines is 1. The van der Waals surface area contributed by atoms with Gasteiger partial charge in [0, 0.05) is 62.6 Å². The monoisotopic (exact) mass is 430 g/mol. The third kappa shape index (κ3) is 5.51. The van der Waals surface area contributed by atoms with Crippen LogP contribution in [-0.2, 0) is 11.5 Å². The molecule has 2 fully saturated rings. The summed E-state index contributed by atoms with van der Waals surface area (Å²) in [5, 5.41) is 15.1. The fourth-order valence-electron chi connectivity index (χ4n) is 3.97. The maximum Gasteiger partial charge on any atom is 0.321 e. The van der Waals surface area contributed by atoms with Crippen molar-refractivity contribution in [2.45, 2.75) is 39.0 Å². The minimum absolute atomic E-state index is 0.0187. The van der Waals surface area contributed by atoms with Crippen LogP contribution in [0.5, 0.6) is 0 Å². The Morgan fingerprint density at radius 1 is 1.19 bits per heavy atom. The zero-order valence-electron chi connectivity index (χ0n) is 18.4. The first kappa shape index (κ1) is 23.0. The molecule has 0 aromatic heterocycles. The molecule has 0 saturated carbocycles. The number of benzene rings is 1. The zero-order valence-corrected chi connectivity index (χ0v) is 18.4. The van der Waals surface area contributed by atoms with Gasteiger partial charge in [-0.3, -0.25) is 9.69 Å². The number of alkyl halides is 1. The van der Waals surface area contributed by atoms with Gasteiger partial charge in [-0.1, -0.05) is 0 Å². The maximum absolute atomic E-state index is 13.1. The summed E-state index contributed by atoms with van der Waals surface area (Å²) in [6.07, 6.45) is 0. The van der Waals surface area contributed by atoms with E-state index in [2.05, 4.69) is 36.3 Å². The number of carbonyl (C=O) groups excluding carboxylic acids is 2. The molecule has 1 aromatic rings. The van der Waals surface area contributed by atoms with E-state index in [4.69, 9.17) is 5.26 Å². The quantitative estimate of drug-likeness (QED) is 0.763. The number of nitrogens with zero attached hydrogens (tertiary/aromatic N) is 4. The summed E-state index contributed by atoms with van der Waals surface area (Å²) in [5.74, 6) is 0.0775. The SMILES string of the molecule is CC(C)(C)N1CCN[C@@H](C(=O)N2CCN(C(=O)Nc3ccc(C#N)c(CF)c3)CC2)C1. The number of urea groups is 1. The van der Waals surface area contributed by atoms with Crippen LogP contribution >= 0.6 is 0 Å². The summed E-state index contributed by atoms with van der Waals surface area (Å²) in [7, 11) is 0. The standard InChI is InChI=1S/C22H31FN6O2/c1-22(2,3)29-7-6-25-19(15-29)20(30)27-8-10-28(11-9-27)21(31)26-18-5-4-16(14-24)17(12-18)13-23/h4-5,12,19,25H,6-11,13,15H2,1-3H3,(H,26,31)/t19-/m1/s1. The van der Waals surface area contributed by atoms with Crippen LogP contribution in [0.1, 0.15) is 31.9 Å². The van der Waals surface area contributed by atoms with Crippen LogP contribution in [-0.4, -0.2) is 84.0 Å². The topological polar surface area (TPSA) is 91.7 Å². The van der Waals surface area contributed by atoms with Gasteiger partial charge in [0.15, 0.2) is 0 Å². The number of carbonyl (C=O) groups is 2. The van der Waals surface area contributed by atoms with Crippen LogP contribution in [0.2, 0.25) is 0 Å². The van der Waals surface area contributed by atoms with Crippen molar-refractivity contribution in [2.75, 3.05) is 51.1 Å². The fourth-order valence-corrected chi connectivity index (χ4v) is 3.97. The Morgan fingerprint density at radius 2 is 1.87 bits per heavy atom. The number of hydrogen-bond donors (Lipinski definition) is 2. The third-order valence-electron chi connectivity index (χ3n) is 5.92. The number of piperazine rings is 2. The first-order valence-electron chi connectivity index (χ1n) is 10.6. The molecule has 2 aliphatic rings. The van der Waals surface area contributed by atoms with Gasteiger partial charge in [0.1, 0.15) is 6.67 Å². The first-order chi connectivity index (χ1) is 14.7. The molecule has 1 atom stereocenters. The Morgan fingerprint density at radius 3 is 2.48 bits per heavy atom. The Balaban J connectivity index is 1.53. The minimum atomic E-state index is -0.769. The van der Waals surface area contributed by atoms with Crippen molar-refractivity contribution in [3.05, 3.63) is 29.3 Å². The van der Waals surface area contributed by atoms with E-state index in [9.17, 15) is 14.0 Å². The normalized spacial score (nSPS) is 20.3. The Kier molecular flexibility index (Phi) is 7.13. The van der Waals surface area contributed by atoms with E-state index in [1.165, 1.54) is 12.1 Å². The number of hydrogen-bond acceptors (Lipinski definition) is 5. The van der Waals surface area contributed by atoms with Gasteiger partial charge in [0.25, 0.3) is 0 Å². The molecule has 0 unspecified atom stereocenters. The summed E-state index contributed by atoms with van der Waals surface area (Å²) in [6, 6.07) is 5.98. The second-order valence-electron chi connectivity index (χ2n) is 8.98. The van der Waals surface area contributed by atoms with Gasteiger partial charge in [-0.2, -0.15) is 5.26 Å². The lowest BCUT2D eigenvalue weighted by Crippen LogP contribution is -2.63. The molecule has 3 amide bonds. The van der Waals surface area contributed by atoms with E-state index < -0.39 is 6.67 Å². The molecular weight excluding hydrogens is 399 g/mol. The summed E-state index contributed by atoms with van der Waals surface area (Å²) in [6.45, 7) is 9.88. The molecule has 0 aliphatic carbocycles. The van der Waals surface area contributed by atoms with Crippen LogP contribution < -0.4 is 10.6 Å². The number of halogens is 1. The van der Waals surface area contributed by atoms with Crippen LogP contribution in [0.4, 0.5) is 14.9 Å². The van der Waals surface area contributed by atoms with Gasteiger partial charge in [0.05, 0.1) is 17.7 Å². The van der Waals surface area contributed by atoms with Crippen molar-refractivity contribution in [2.24, 2.45) is 0 Å². The van der Waals surface area contributed by atoms with Gasteiger partial charge in [-0.05, 0) is 39.0 Å². The molecule has 2 aliphatic heterocycles. The lowest BCUT2D eigenvalue weighted by molar-refractivity contribution is -0.136. The van der Waals surface area contributed by atoms with Crippen molar-refractivity contribution in [3.63, 3.8) is 0 Å². The molecule has 168 valence electrons. The molecule has 3 rings (SSSR count). The lowest BCUT2D eigenvalue weighted by Gasteiger charge is -2.43. The van der Waals surface area contributed by atoms with Crippen molar-refractivity contribution in [1.29, 1.82) is 5.26 Å². The molecule has 9 heteroatoms. The second-order valence-corrected chi connectivity index (χ2v) is 8.98. The molecular formula is C22H31FN6O2. The van der Waals surface area contributed by atoms with E-state index in [1.807, 2.05) is 11.0 Å². The molecule has 0 radical (unpaired) electrons. The summed E-state index contributed by atoms with van der Waals surface area (Å²) >= 11 is 0. The van der Waals surface area contributed by atoms with Crippen LogP contribution in [0.25, 0.3) is 0 Å². The summed E-state index contributed by atoms with van der Waals surface area (Å²) in [4.78, 5) is 31.3. The number of rotatable bonds is 3. The maximum atomic E-state index is 13.1. The first-order valence-corrected chi connectivity index (χ1v) is 10.6. The predicted octanol–water partition coefficient (Wildman–Crippen LogP) is 1.78. The zero-order chi connectivity index (χ0) is 22.6. The lowest BCUT2D eigenvalue weighted by atomic mass is 10.0. The molecule has 2 saturated heterocycles. The molecule has 2 N–H and O–H groups in total. The molecule has 31 heavy (non-hydrogen) atoms. The van der Waals surface area contributed by atoms with Crippen molar-refractivity contribution < 1.29 is 14.0 Å². The van der Waals surface area contributed by atoms with Crippen molar-refractivity contribution in [3.8, 4) is 6.07 Å². The fraction of sp³-hybridized carbons (Fsp3) is 0.591. The van der Waals surface area contributed by atoms with Crippen LogP contribution in [0.3, 0.4) is 0 Å². The van der Waals surface area contributed by atoms with Crippen LogP contribution in [0, 0.1) is 11.3 Å². The molecule has 0 spiro atoms. The molecule has 1 aromatic carbocycles. The van der Waals surface area contributed by atoms with E-state index >= 15 is 0 Å². The van der Waals surface area contributed by atoms with Gasteiger partial charge in [-0.15, -0.1) is 0 Å². The second kappa shape index (κ2) is 9.62. The third-order valence-corrected chi connectivity index (χ3v) is 5.92. The van der Waals surface area contributed by atoms with Crippen molar-refractivity contribution >= 4 is 17.6 Å². The molecule has 0 bridgehead atoms. The van der Waals surface area contributed by atoms with E-state index in [0.717, 1.165) is 13.1 Å². The van der Waals surface area contributed by atoms with Gasteiger partial charge >= 0.3 is 6.03 Å². The highest BCUT2D eigenvalue weighted by Crippen LogP contribution is 2.19. The Labute approximate surface area is 183 Å². The Hall–Kier alpha value is -2.70. The average molecular weight is 431 g/mol. The average Bonchev–Trinajstić information content (AvgIpc) is 2.78. The van der Waals surface area contributed by atoms with Crippen molar-refractivity contribution in [1.82, 2.24) is 20.0 Å². The molecule has 2 heterocycles. The highest BCUT2D eigenvalue weighted by Gasteiger charge is 2.34. The highest BCUT2D eigenvalue weighted by molar-refractivity contribution is 5.90. The smallest absolute Gasteiger partial charge is 0.321 e. The van der Waals surface area contributed by atoms with Crippen LogP contribution in [0.15, 0.2) is 18.2 Å². The summed E-state index contributed by atoms with van der Waals surface area (Å²) < 4.78 is 13.1. The predicted molar refractivity (Wildman–Crippen MR) is 116 cm³/mol. The largest absolute Gasteiger partial charge is 0.338 e. The van der Waals surface area contributed by atoms with E-state index in [1.54, 1.807) is 11.0 Å². The Bertz CT molecular complexity index is 855. The van der Waals surface area contributed by atoms with E-state index in [0.29, 0.717) is 38.4 Å². The summed E-state index contributed by atoms with van der Waals surface area (Å²) in [5.41, 5.74) is 0.975. The highest BCUT2D eigenvalue weighted by atomic mass is 19.1. The van der Waals surface area contributed by atoms with Gasteiger partial charge in [0.2, 0.25) is 5.91 Å². The minimum Gasteiger partial charge on any atom is -0.338 e. The number of nitrogens with one attached hydrogen (secondary N) is 2. The van der Waals surface area contributed by atoms with E-state index in [-0.39, 0.29) is 34.6 Å². The van der Waals surface area contributed by atoms with Gasteiger partial charge < -0.3 is 20.4 Å². The van der Waals surface area contributed by atoms with Gasteiger partial charge in [-0.25, -0.2) is 9.18 Å². The number of nitriles is 1. The molecule has 8 nitrogen and oxygen atoms in total. The number of amides is 3.